The number of ether oxygens (including phenoxy) is 3. The molecule has 0 radical (unpaired) electrons. The van der Waals surface area contributed by atoms with Gasteiger partial charge in [0, 0.05) is 12.1 Å². The Morgan fingerprint density at radius 1 is 1.31 bits per heavy atom. The molecular formula is C19H27NO5S. The fourth-order valence-electron chi connectivity index (χ4n) is 3.31. The Morgan fingerprint density at radius 3 is 2.62 bits per heavy atom. The first-order valence-electron chi connectivity index (χ1n) is 8.82. The Hall–Kier alpha value is -1.28. The zero-order valence-electron chi connectivity index (χ0n) is 15.6. The van der Waals surface area contributed by atoms with Crippen molar-refractivity contribution in [1.29, 1.82) is 0 Å². The monoisotopic (exact) mass is 381 g/mol. The molecule has 1 amide bonds. The molecule has 1 N–H and O–H groups in total. The maximum absolute atomic E-state index is 12.7. The Morgan fingerprint density at radius 2 is 2.00 bits per heavy atom. The van der Waals surface area contributed by atoms with Crippen molar-refractivity contribution in [3.8, 4) is 0 Å². The van der Waals surface area contributed by atoms with E-state index in [1.54, 1.807) is 4.90 Å². The molecule has 5 atom stereocenters. The van der Waals surface area contributed by atoms with E-state index in [4.69, 9.17) is 14.2 Å². The molecule has 2 saturated heterocycles. The van der Waals surface area contributed by atoms with E-state index < -0.39 is 30.2 Å². The normalized spacial score (nSPS) is 32.0. The van der Waals surface area contributed by atoms with Crippen LogP contribution in [0.5, 0.6) is 0 Å². The third-order valence-electron chi connectivity index (χ3n) is 4.58. The molecule has 2 aliphatic heterocycles. The topological polar surface area (TPSA) is 68.2 Å². The van der Waals surface area contributed by atoms with E-state index >= 15 is 0 Å². The molecule has 0 bridgehead atoms. The molecule has 7 heteroatoms. The van der Waals surface area contributed by atoms with E-state index in [1.165, 1.54) is 11.8 Å². The molecule has 0 unspecified atom stereocenters. The van der Waals surface area contributed by atoms with Crippen LogP contribution in [0.2, 0.25) is 0 Å². The first-order valence-corrected chi connectivity index (χ1v) is 10.1. The maximum atomic E-state index is 12.7. The number of nitrogens with zero attached hydrogens (tertiary/aromatic N) is 1. The third-order valence-corrected chi connectivity index (χ3v) is 5.61. The van der Waals surface area contributed by atoms with Crippen molar-refractivity contribution in [2.24, 2.45) is 0 Å². The Kier molecular flexibility index (Phi) is 5.81. The Balaban J connectivity index is 1.80. The largest absolute Gasteiger partial charge is 0.444 e. The summed E-state index contributed by atoms with van der Waals surface area (Å²) in [6.45, 7) is 6.22. The highest BCUT2D eigenvalue weighted by Crippen LogP contribution is 2.36. The Labute approximate surface area is 158 Å². The number of hydrogen-bond donors (Lipinski definition) is 1. The van der Waals surface area contributed by atoms with Crippen LogP contribution in [0.25, 0.3) is 0 Å². The number of likely N-dealkylation sites (tertiary alicyclic amines) is 1. The van der Waals surface area contributed by atoms with Crippen molar-refractivity contribution in [1.82, 2.24) is 4.90 Å². The van der Waals surface area contributed by atoms with Gasteiger partial charge in [-0.3, -0.25) is 4.90 Å². The van der Waals surface area contributed by atoms with E-state index in [0.29, 0.717) is 13.2 Å². The van der Waals surface area contributed by atoms with Crippen LogP contribution in [-0.2, 0) is 14.2 Å². The quantitative estimate of drug-likeness (QED) is 0.850. The number of carbonyl (C=O) groups is 1. The smallest absolute Gasteiger partial charge is 0.410 e. The first kappa shape index (κ1) is 19.5. The predicted octanol–water partition coefficient (Wildman–Crippen LogP) is 2.81. The molecule has 0 aliphatic carbocycles. The predicted molar refractivity (Wildman–Crippen MR) is 100 cm³/mol. The van der Waals surface area contributed by atoms with E-state index in [9.17, 15) is 9.90 Å². The van der Waals surface area contributed by atoms with Crippen molar-refractivity contribution >= 4 is 17.9 Å². The summed E-state index contributed by atoms with van der Waals surface area (Å²) in [4.78, 5) is 14.3. The molecule has 0 saturated carbocycles. The van der Waals surface area contributed by atoms with Crippen LogP contribution in [0.4, 0.5) is 4.79 Å². The summed E-state index contributed by atoms with van der Waals surface area (Å²) >= 11 is 1.53. The minimum Gasteiger partial charge on any atom is -0.444 e. The van der Waals surface area contributed by atoms with E-state index in [2.05, 4.69) is 0 Å². The SMILES string of the molecule is CS[C@H]1CN(C(=O)OC(C)(C)C)[C@@H]2CO[C@@H](c3ccccc3)O[C@H]2[C@@H]1O. The van der Waals surface area contributed by atoms with Gasteiger partial charge in [0.05, 0.1) is 24.0 Å². The van der Waals surface area contributed by atoms with Gasteiger partial charge in [-0.1, -0.05) is 30.3 Å². The second-order valence-corrected chi connectivity index (χ2v) is 8.72. The lowest BCUT2D eigenvalue weighted by Crippen LogP contribution is -2.66. The summed E-state index contributed by atoms with van der Waals surface area (Å²) in [5, 5.41) is 10.6. The number of rotatable bonds is 2. The average molecular weight is 381 g/mol. The van der Waals surface area contributed by atoms with Gasteiger partial charge in [-0.15, -0.1) is 0 Å². The van der Waals surface area contributed by atoms with Crippen molar-refractivity contribution < 1.29 is 24.1 Å². The fourth-order valence-corrected chi connectivity index (χ4v) is 4.05. The van der Waals surface area contributed by atoms with Gasteiger partial charge in [-0.2, -0.15) is 11.8 Å². The van der Waals surface area contributed by atoms with Gasteiger partial charge in [0.2, 0.25) is 0 Å². The molecule has 1 aromatic rings. The molecule has 0 spiro atoms. The summed E-state index contributed by atoms with van der Waals surface area (Å²) in [5.41, 5.74) is 0.314. The van der Waals surface area contributed by atoms with Gasteiger partial charge in [-0.05, 0) is 27.0 Å². The molecule has 26 heavy (non-hydrogen) atoms. The van der Waals surface area contributed by atoms with Gasteiger partial charge in [0.25, 0.3) is 0 Å². The van der Waals surface area contributed by atoms with Crippen molar-refractivity contribution in [3.63, 3.8) is 0 Å². The number of carbonyl (C=O) groups excluding carboxylic acids is 1. The fraction of sp³-hybridized carbons (Fsp3) is 0.632. The third kappa shape index (κ3) is 4.17. The highest BCUT2D eigenvalue weighted by molar-refractivity contribution is 7.99. The second-order valence-electron chi connectivity index (χ2n) is 7.64. The molecular weight excluding hydrogens is 354 g/mol. The molecule has 2 aliphatic rings. The van der Waals surface area contributed by atoms with Crippen LogP contribution in [0.1, 0.15) is 32.6 Å². The number of aliphatic hydroxyl groups excluding tert-OH is 1. The number of hydrogen-bond acceptors (Lipinski definition) is 6. The van der Waals surface area contributed by atoms with E-state index in [-0.39, 0.29) is 11.3 Å². The maximum Gasteiger partial charge on any atom is 0.410 e. The highest BCUT2D eigenvalue weighted by atomic mass is 32.2. The lowest BCUT2D eigenvalue weighted by atomic mass is 9.95. The summed E-state index contributed by atoms with van der Waals surface area (Å²) in [7, 11) is 0. The number of thioether (sulfide) groups is 1. The van der Waals surface area contributed by atoms with Gasteiger partial charge < -0.3 is 19.3 Å². The minimum absolute atomic E-state index is 0.140. The Bertz CT molecular complexity index is 620. The van der Waals surface area contributed by atoms with Gasteiger partial charge >= 0.3 is 6.09 Å². The van der Waals surface area contributed by atoms with Crippen LogP contribution >= 0.6 is 11.8 Å². The van der Waals surface area contributed by atoms with Crippen molar-refractivity contribution in [2.45, 2.75) is 56.2 Å². The summed E-state index contributed by atoms with van der Waals surface area (Å²) in [6.07, 6.45) is -0.219. The lowest BCUT2D eigenvalue weighted by molar-refractivity contribution is -0.270. The molecule has 1 aromatic carbocycles. The molecule has 3 rings (SSSR count). The highest BCUT2D eigenvalue weighted by Gasteiger charge is 2.49. The lowest BCUT2D eigenvalue weighted by Gasteiger charge is -2.50. The molecule has 6 nitrogen and oxygen atoms in total. The summed E-state index contributed by atoms with van der Waals surface area (Å²) < 4.78 is 17.5. The van der Waals surface area contributed by atoms with Crippen LogP contribution in [0.3, 0.4) is 0 Å². The number of aliphatic hydroxyl groups is 1. The number of piperidine rings is 1. The number of fused-ring (bicyclic) bond motifs is 1. The molecule has 0 aromatic heterocycles. The standard InChI is InChI=1S/C19H27NO5S/c1-19(2,3)25-18(22)20-10-14(26-4)15(21)16-13(20)11-23-17(24-16)12-8-6-5-7-9-12/h5-9,13-17,21H,10-11H2,1-4H3/t13-,14+,15-,16-,17-/m1/s1. The van der Waals surface area contributed by atoms with E-state index in [0.717, 1.165) is 5.56 Å². The van der Waals surface area contributed by atoms with E-state index in [1.807, 2.05) is 57.4 Å². The van der Waals surface area contributed by atoms with Crippen LogP contribution in [0, 0.1) is 0 Å². The van der Waals surface area contributed by atoms with Crippen LogP contribution in [-0.4, -0.2) is 64.6 Å². The van der Waals surface area contributed by atoms with Crippen molar-refractivity contribution in [2.75, 3.05) is 19.4 Å². The number of amides is 1. The zero-order chi connectivity index (χ0) is 18.9. The second kappa shape index (κ2) is 7.76. The molecule has 144 valence electrons. The minimum atomic E-state index is -0.677. The summed E-state index contributed by atoms with van der Waals surface area (Å²) in [6, 6.07) is 9.25. The first-order chi connectivity index (χ1) is 12.3. The van der Waals surface area contributed by atoms with Gasteiger partial charge in [0.1, 0.15) is 11.7 Å². The molecule has 2 heterocycles. The van der Waals surface area contributed by atoms with Crippen LogP contribution < -0.4 is 0 Å². The van der Waals surface area contributed by atoms with Gasteiger partial charge in [-0.25, -0.2) is 4.79 Å². The van der Waals surface area contributed by atoms with Crippen LogP contribution in [0.15, 0.2) is 30.3 Å². The zero-order valence-corrected chi connectivity index (χ0v) is 16.4. The van der Waals surface area contributed by atoms with Gasteiger partial charge in [0.15, 0.2) is 6.29 Å². The average Bonchev–Trinajstić information content (AvgIpc) is 2.61. The number of benzene rings is 1. The summed E-state index contributed by atoms with van der Waals surface area (Å²) in [5.74, 6) is 0. The van der Waals surface area contributed by atoms with Crippen molar-refractivity contribution in [3.05, 3.63) is 35.9 Å². The molecule has 2 fully saturated rings.